The zero-order valence-electron chi connectivity index (χ0n) is 14.7. The second-order valence-electron chi connectivity index (χ2n) is 7.89. The largest absolute Gasteiger partial charge is 0.475 e. The zero-order chi connectivity index (χ0) is 16.7. The molecule has 1 aliphatic rings. The quantitative estimate of drug-likeness (QED) is 0.746. The van der Waals surface area contributed by atoms with Gasteiger partial charge in [0.2, 0.25) is 5.90 Å². The van der Waals surface area contributed by atoms with Crippen LogP contribution in [0.15, 0.2) is 53.5 Å². The number of ether oxygens (including phenoxy) is 1. The maximum absolute atomic E-state index is 5.84. The van der Waals surface area contributed by atoms with Crippen molar-refractivity contribution < 1.29 is 4.74 Å². The summed E-state index contributed by atoms with van der Waals surface area (Å²) in [5.41, 5.74) is 4.81. The van der Waals surface area contributed by atoms with Gasteiger partial charge in [0, 0.05) is 5.56 Å². The fourth-order valence-electron chi connectivity index (χ4n) is 2.79. The van der Waals surface area contributed by atoms with Crippen molar-refractivity contribution in [1.29, 1.82) is 0 Å². The van der Waals surface area contributed by atoms with Crippen LogP contribution in [0.2, 0.25) is 0 Å². The van der Waals surface area contributed by atoms with Crippen molar-refractivity contribution in [2.75, 3.05) is 6.61 Å². The number of rotatable bonds is 2. The van der Waals surface area contributed by atoms with E-state index in [1.807, 2.05) is 6.07 Å². The molecule has 0 aromatic heterocycles. The summed E-state index contributed by atoms with van der Waals surface area (Å²) in [7, 11) is 0. The summed E-state index contributed by atoms with van der Waals surface area (Å²) in [5.74, 6) is 0.755. The molecule has 2 heteroatoms. The Hall–Kier alpha value is -2.09. The van der Waals surface area contributed by atoms with Crippen LogP contribution >= 0.6 is 0 Å². The molecule has 23 heavy (non-hydrogen) atoms. The lowest BCUT2D eigenvalue weighted by molar-refractivity contribution is 0.279. The van der Waals surface area contributed by atoms with Crippen molar-refractivity contribution in [2.24, 2.45) is 4.99 Å². The van der Waals surface area contributed by atoms with E-state index < -0.39 is 0 Å². The third kappa shape index (κ3) is 3.31. The van der Waals surface area contributed by atoms with Crippen LogP contribution in [-0.4, -0.2) is 18.0 Å². The van der Waals surface area contributed by atoms with E-state index in [-0.39, 0.29) is 11.0 Å². The zero-order valence-corrected chi connectivity index (χ0v) is 14.7. The Morgan fingerprint density at radius 3 is 2.04 bits per heavy atom. The highest BCUT2D eigenvalue weighted by Crippen LogP contribution is 2.30. The van der Waals surface area contributed by atoms with Gasteiger partial charge >= 0.3 is 0 Å². The standard InChI is InChI=1S/C21H25NO/c1-20(2,3)16-12-10-15(11-13-16)17-8-6-7-9-18(17)19-22-21(4,5)14-23-19/h6-13H,14H2,1-5H3. The fourth-order valence-corrected chi connectivity index (χ4v) is 2.79. The second kappa shape index (κ2) is 5.52. The molecule has 0 aliphatic carbocycles. The maximum atomic E-state index is 5.84. The Bertz CT molecular complexity index is 733. The molecule has 0 amide bonds. The monoisotopic (exact) mass is 307 g/mol. The number of benzene rings is 2. The predicted octanol–water partition coefficient (Wildman–Crippen LogP) is 5.21. The average molecular weight is 307 g/mol. The number of nitrogens with zero attached hydrogens (tertiary/aromatic N) is 1. The first-order valence-electron chi connectivity index (χ1n) is 8.19. The van der Waals surface area contributed by atoms with Crippen LogP contribution in [-0.2, 0) is 10.2 Å². The molecule has 120 valence electrons. The highest BCUT2D eigenvalue weighted by molar-refractivity contribution is 6.01. The minimum absolute atomic E-state index is 0.140. The number of hydrogen-bond donors (Lipinski definition) is 0. The van der Waals surface area contributed by atoms with Gasteiger partial charge in [-0.1, -0.05) is 63.2 Å². The van der Waals surface area contributed by atoms with Crippen molar-refractivity contribution in [3.05, 3.63) is 59.7 Å². The van der Waals surface area contributed by atoms with Crippen LogP contribution in [0.4, 0.5) is 0 Å². The first kappa shape index (κ1) is 15.8. The first-order valence-corrected chi connectivity index (χ1v) is 8.19. The maximum Gasteiger partial charge on any atom is 0.217 e. The van der Waals surface area contributed by atoms with Crippen LogP contribution < -0.4 is 0 Å². The van der Waals surface area contributed by atoms with E-state index in [1.165, 1.54) is 16.7 Å². The summed E-state index contributed by atoms with van der Waals surface area (Å²) in [6, 6.07) is 17.2. The molecular weight excluding hydrogens is 282 g/mol. The smallest absolute Gasteiger partial charge is 0.217 e. The van der Waals surface area contributed by atoms with Gasteiger partial charge in [0.15, 0.2) is 0 Å². The SMILES string of the molecule is CC1(C)COC(c2ccccc2-c2ccc(C(C)(C)C)cc2)=N1. The van der Waals surface area contributed by atoms with Gasteiger partial charge in [-0.2, -0.15) is 0 Å². The normalized spacial score (nSPS) is 16.8. The van der Waals surface area contributed by atoms with E-state index in [1.54, 1.807) is 0 Å². The molecule has 0 saturated carbocycles. The molecule has 1 heterocycles. The summed E-state index contributed by atoms with van der Waals surface area (Å²) in [4.78, 5) is 4.73. The molecule has 0 saturated heterocycles. The number of aliphatic imine (C=N–C) groups is 1. The van der Waals surface area contributed by atoms with Gasteiger partial charge < -0.3 is 4.74 Å². The van der Waals surface area contributed by atoms with Crippen LogP contribution in [0, 0.1) is 0 Å². The summed E-state index contributed by atoms with van der Waals surface area (Å²) in [6.45, 7) is 11.5. The molecule has 2 aromatic rings. The summed E-state index contributed by atoms with van der Waals surface area (Å²) < 4.78 is 5.84. The lowest BCUT2D eigenvalue weighted by Gasteiger charge is -2.19. The van der Waals surface area contributed by atoms with E-state index in [0.29, 0.717) is 6.61 Å². The lowest BCUT2D eigenvalue weighted by Crippen LogP contribution is -2.17. The molecule has 0 bridgehead atoms. The Morgan fingerprint density at radius 2 is 1.52 bits per heavy atom. The van der Waals surface area contributed by atoms with Crippen molar-refractivity contribution >= 4 is 5.90 Å². The minimum Gasteiger partial charge on any atom is -0.475 e. The van der Waals surface area contributed by atoms with Crippen LogP contribution in [0.3, 0.4) is 0 Å². The highest BCUT2D eigenvalue weighted by atomic mass is 16.5. The molecule has 0 spiro atoms. The van der Waals surface area contributed by atoms with Crippen LogP contribution in [0.25, 0.3) is 11.1 Å². The first-order chi connectivity index (χ1) is 10.8. The van der Waals surface area contributed by atoms with E-state index in [9.17, 15) is 0 Å². The van der Waals surface area contributed by atoms with Crippen molar-refractivity contribution in [1.82, 2.24) is 0 Å². The Kier molecular flexibility index (Phi) is 3.79. The molecule has 0 N–H and O–H groups in total. The van der Waals surface area contributed by atoms with E-state index in [2.05, 4.69) is 77.1 Å². The molecule has 2 nitrogen and oxygen atoms in total. The second-order valence-corrected chi connectivity index (χ2v) is 7.89. The fraction of sp³-hybridized carbons (Fsp3) is 0.381. The van der Waals surface area contributed by atoms with Crippen LogP contribution in [0.1, 0.15) is 45.7 Å². The third-order valence-electron chi connectivity index (χ3n) is 4.19. The Balaban J connectivity index is 2.02. The van der Waals surface area contributed by atoms with Gasteiger partial charge in [-0.05, 0) is 42.0 Å². The molecule has 2 aromatic carbocycles. The molecule has 3 rings (SSSR count). The summed E-state index contributed by atoms with van der Waals surface area (Å²) >= 11 is 0. The average Bonchev–Trinajstić information content (AvgIpc) is 2.87. The van der Waals surface area contributed by atoms with E-state index >= 15 is 0 Å². The highest BCUT2D eigenvalue weighted by Gasteiger charge is 2.28. The third-order valence-corrected chi connectivity index (χ3v) is 4.19. The molecular formula is C21H25NO. The van der Waals surface area contributed by atoms with Gasteiger partial charge in [0.25, 0.3) is 0 Å². The summed E-state index contributed by atoms with van der Waals surface area (Å²) in [5, 5.41) is 0. The number of hydrogen-bond acceptors (Lipinski definition) is 2. The Labute approximate surface area is 139 Å². The summed E-state index contributed by atoms with van der Waals surface area (Å²) in [6.07, 6.45) is 0. The van der Waals surface area contributed by atoms with Crippen molar-refractivity contribution in [3.63, 3.8) is 0 Å². The molecule has 0 radical (unpaired) electrons. The molecule has 0 atom stereocenters. The van der Waals surface area contributed by atoms with Gasteiger partial charge in [-0.15, -0.1) is 0 Å². The molecule has 0 fully saturated rings. The van der Waals surface area contributed by atoms with Gasteiger partial charge in [-0.3, -0.25) is 0 Å². The van der Waals surface area contributed by atoms with Gasteiger partial charge in [-0.25, -0.2) is 4.99 Å². The van der Waals surface area contributed by atoms with E-state index in [4.69, 9.17) is 9.73 Å². The van der Waals surface area contributed by atoms with Crippen molar-refractivity contribution in [2.45, 2.75) is 45.6 Å². The minimum atomic E-state index is -0.140. The van der Waals surface area contributed by atoms with Gasteiger partial charge in [0.1, 0.15) is 6.61 Å². The Morgan fingerprint density at radius 1 is 0.913 bits per heavy atom. The lowest BCUT2D eigenvalue weighted by atomic mass is 9.86. The molecule has 0 unspecified atom stereocenters. The van der Waals surface area contributed by atoms with Crippen LogP contribution in [0.5, 0.6) is 0 Å². The molecule has 1 aliphatic heterocycles. The van der Waals surface area contributed by atoms with E-state index in [0.717, 1.165) is 11.5 Å². The topological polar surface area (TPSA) is 21.6 Å². The van der Waals surface area contributed by atoms with Crippen molar-refractivity contribution in [3.8, 4) is 11.1 Å². The van der Waals surface area contributed by atoms with Gasteiger partial charge in [0.05, 0.1) is 5.54 Å². The predicted molar refractivity (Wildman–Crippen MR) is 97.1 cm³/mol.